The standard InChI is InChI=1S/C17H22Cl2N2O2/c1-2-3-4-5-16(22)20-6-8-21(9-7-20)17(23)13-10-14(18)12-15(19)11-13/h10-12H,2-9H2,1H3. The lowest BCUT2D eigenvalue weighted by molar-refractivity contribution is -0.132. The number of amides is 2. The normalized spacial score (nSPS) is 14.9. The van der Waals surface area contributed by atoms with Crippen LogP contribution in [0, 0.1) is 0 Å². The third-order valence-electron chi connectivity index (χ3n) is 4.02. The number of rotatable bonds is 5. The molecule has 2 amide bonds. The summed E-state index contributed by atoms with van der Waals surface area (Å²) in [6.45, 7) is 4.39. The molecule has 0 bridgehead atoms. The second kappa shape index (κ2) is 8.55. The van der Waals surface area contributed by atoms with Crippen molar-refractivity contribution in [3.05, 3.63) is 33.8 Å². The van der Waals surface area contributed by atoms with Crippen LogP contribution in [0.4, 0.5) is 0 Å². The van der Waals surface area contributed by atoms with Gasteiger partial charge < -0.3 is 9.80 Å². The Labute approximate surface area is 147 Å². The minimum Gasteiger partial charge on any atom is -0.339 e. The Morgan fingerprint density at radius 2 is 1.52 bits per heavy atom. The molecule has 1 aliphatic heterocycles. The van der Waals surface area contributed by atoms with Gasteiger partial charge in [0, 0.05) is 48.2 Å². The zero-order valence-electron chi connectivity index (χ0n) is 13.4. The molecule has 6 heteroatoms. The van der Waals surface area contributed by atoms with Gasteiger partial charge in [0.25, 0.3) is 5.91 Å². The van der Waals surface area contributed by atoms with E-state index in [9.17, 15) is 9.59 Å². The van der Waals surface area contributed by atoms with Gasteiger partial charge in [-0.2, -0.15) is 0 Å². The van der Waals surface area contributed by atoms with E-state index in [1.54, 1.807) is 23.1 Å². The van der Waals surface area contributed by atoms with E-state index in [0.717, 1.165) is 19.3 Å². The Hall–Kier alpha value is -1.26. The van der Waals surface area contributed by atoms with Crippen LogP contribution >= 0.6 is 23.2 Å². The van der Waals surface area contributed by atoms with E-state index in [-0.39, 0.29) is 11.8 Å². The summed E-state index contributed by atoms with van der Waals surface area (Å²) in [5.74, 6) is 0.101. The Morgan fingerprint density at radius 1 is 0.957 bits per heavy atom. The Kier molecular flexibility index (Phi) is 6.72. The fraction of sp³-hybridized carbons (Fsp3) is 0.529. The van der Waals surface area contributed by atoms with Crippen molar-refractivity contribution in [2.24, 2.45) is 0 Å². The highest BCUT2D eigenvalue weighted by atomic mass is 35.5. The van der Waals surface area contributed by atoms with Crippen molar-refractivity contribution in [3.8, 4) is 0 Å². The largest absolute Gasteiger partial charge is 0.339 e. The Balaban J connectivity index is 1.88. The smallest absolute Gasteiger partial charge is 0.254 e. The van der Waals surface area contributed by atoms with Crippen LogP contribution in [-0.4, -0.2) is 47.8 Å². The molecule has 1 aliphatic rings. The van der Waals surface area contributed by atoms with Gasteiger partial charge in [-0.1, -0.05) is 43.0 Å². The molecular formula is C17H22Cl2N2O2. The molecule has 0 N–H and O–H groups in total. The first-order valence-electron chi connectivity index (χ1n) is 8.04. The lowest BCUT2D eigenvalue weighted by atomic mass is 10.1. The van der Waals surface area contributed by atoms with Crippen LogP contribution in [0.2, 0.25) is 10.0 Å². The molecule has 0 aliphatic carbocycles. The van der Waals surface area contributed by atoms with Gasteiger partial charge in [-0.15, -0.1) is 0 Å². The number of hydrogen-bond donors (Lipinski definition) is 0. The highest BCUT2D eigenvalue weighted by molar-refractivity contribution is 6.35. The highest BCUT2D eigenvalue weighted by Crippen LogP contribution is 2.21. The number of carbonyl (C=O) groups excluding carboxylic acids is 2. The van der Waals surface area contributed by atoms with E-state index < -0.39 is 0 Å². The van der Waals surface area contributed by atoms with Gasteiger partial charge >= 0.3 is 0 Å². The summed E-state index contributed by atoms with van der Waals surface area (Å²) >= 11 is 11.9. The quantitative estimate of drug-likeness (QED) is 0.751. The Bertz CT molecular complexity index is 549. The number of piperazine rings is 1. The molecule has 1 fully saturated rings. The second-order valence-electron chi connectivity index (χ2n) is 5.79. The number of unbranched alkanes of at least 4 members (excludes halogenated alkanes) is 2. The van der Waals surface area contributed by atoms with Gasteiger partial charge in [0.15, 0.2) is 0 Å². The van der Waals surface area contributed by atoms with Gasteiger partial charge in [0.2, 0.25) is 5.91 Å². The first kappa shape index (κ1) is 18.1. The molecule has 23 heavy (non-hydrogen) atoms. The number of benzene rings is 1. The van der Waals surface area contributed by atoms with Gasteiger partial charge in [0.1, 0.15) is 0 Å². The average molecular weight is 357 g/mol. The molecule has 0 atom stereocenters. The van der Waals surface area contributed by atoms with Crippen molar-refractivity contribution in [2.75, 3.05) is 26.2 Å². The molecule has 1 saturated heterocycles. The Morgan fingerprint density at radius 3 is 2.09 bits per heavy atom. The number of nitrogens with zero attached hydrogens (tertiary/aromatic N) is 2. The van der Waals surface area contributed by atoms with E-state index in [2.05, 4.69) is 6.92 Å². The topological polar surface area (TPSA) is 40.6 Å². The van der Waals surface area contributed by atoms with Crippen LogP contribution in [0.15, 0.2) is 18.2 Å². The van der Waals surface area contributed by atoms with E-state index in [1.807, 2.05) is 4.90 Å². The molecule has 126 valence electrons. The second-order valence-corrected chi connectivity index (χ2v) is 6.66. The van der Waals surface area contributed by atoms with Crippen LogP contribution in [0.1, 0.15) is 43.0 Å². The third-order valence-corrected chi connectivity index (χ3v) is 4.46. The molecule has 2 rings (SSSR count). The van der Waals surface area contributed by atoms with E-state index in [4.69, 9.17) is 23.2 Å². The fourth-order valence-corrected chi connectivity index (χ4v) is 3.23. The highest BCUT2D eigenvalue weighted by Gasteiger charge is 2.24. The zero-order chi connectivity index (χ0) is 16.8. The van der Waals surface area contributed by atoms with Crippen LogP contribution < -0.4 is 0 Å². The summed E-state index contributed by atoms with van der Waals surface area (Å²) in [7, 11) is 0. The van der Waals surface area contributed by atoms with Gasteiger partial charge in [-0.25, -0.2) is 0 Å². The van der Waals surface area contributed by atoms with Crippen molar-refractivity contribution in [1.29, 1.82) is 0 Å². The molecule has 0 spiro atoms. The van der Waals surface area contributed by atoms with Crippen molar-refractivity contribution in [1.82, 2.24) is 9.80 Å². The molecule has 1 aromatic carbocycles. The SMILES string of the molecule is CCCCCC(=O)N1CCN(C(=O)c2cc(Cl)cc(Cl)c2)CC1. The molecule has 0 aromatic heterocycles. The summed E-state index contributed by atoms with van der Waals surface area (Å²) in [5, 5.41) is 0.899. The average Bonchev–Trinajstić information content (AvgIpc) is 2.53. The lowest BCUT2D eigenvalue weighted by Gasteiger charge is -2.35. The van der Waals surface area contributed by atoms with Crippen LogP contribution in [0.3, 0.4) is 0 Å². The van der Waals surface area contributed by atoms with Crippen molar-refractivity contribution < 1.29 is 9.59 Å². The fourth-order valence-electron chi connectivity index (χ4n) is 2.70. The minimum absolute atomic E-state index is 0.0903. The van der Waals surface area contributed by atoms with Gasteiger partial charge in [-0.3, -0.25) is 9.59 Å². The molecule has 4 nitrogen and oxygen atoms in total. The lowest BCUT2D eigenvalue weighted by Crippen LogP contribution is -2.50. The van der Waals surface area contributed by atoms with Crippen molar-refractivity contribution in [2.45, 2.75) is 32.6 Å². The monoisotopic (exact) mass is 356 g/mol. The predicted molar refractivity (Wildman–Crippen MR) is 93.1 cm³/mol. The summed E-state index contributed by atoms with van der Waals surface area (Å²) in [6.07, 6.45) is 3.73. The van der Waals surface area contributed by atoms with Crippen molar-refractivity contribution >= 4 is 35.0 Å². The van der Waals surface area contributed by atoms with Crippen LogP contribution in [-0.2, 0) is 4.79 Å². The molecule has 0 unspecified atom stereocenters. The van der Waals surface area contributed by atoms with E-state index >= 15 is 0 Å². The zero-order valence-corrected chi connectivity index (χ0v) is 14.9. The first-order chi connectivity index (χ1) is 11.0. The molecule has 1 heterocycles. The van der Waals surface area contributed by atoms with Gasteiger partial charge in [-0.05, 0) is 24.6 Å². The van der Waals surface area contributed by atoms with Gasteiger partial charge in [0.05, 0.1) is 0 Å². The van der Waals surface area contributed by atoms with Crippen LogP contribution in [0.25, 0.3) is 0 Å². The summed E-state index contributed by atoms with van der Waals surface area (Å²) in [6, 6.07) is 4.85. The maximum absolute atomic E-state index is 12.5. The van der Waals surface area contributed by atoms with E-state index in [0.29, 0.717) is 48.2 Å². The molecule has 0 saturated carbocycles. The first-order valence-corrected chi connectivity index (χ1v) is 8.80. The molecule has 0 radical (unpaired) electrons. The van der Waals surface area contributed by atoms with E-state index in [1.165, 1.54) is 0 Å². The summed E-state index contributed by atoms with van der Waals surface area (Å²) in [5.41, 5.74) is 0.491. The maximum Gasteiger partial charge on any atom is 0.254 e. The number of halogens is 2. The third kappa shape index (κ3) is 5.11. The predicted octanol–water partition coefficient (Wildman–Crippen LogP) is 3.86. The molecular weight excluding hydrogens is 335 g/mol. The van der Waals surface area contributed by atoms with Crippen molar-refractivity contribution in [3.63, 3.8) is 0 Å². The number of hydrogen-bond acceptors (Lipinski definition) is 2. The van der Waals surface area contributed by atoms with Crippen LogP contribution in [0.5, 0.6) is 0 Å². The summed E-state index contributed by atoms with van der Waals surface area (Å²) in [4.78, 5) is 28.2. The maximum atomic E-state index is 12.5. The molecule has 1 aromatic rings. The number of carbonyl (C=O) groups is 2. The summed E-state index contributed by atoms with van der Waals surface area (Å²) < 4.78 is 0. The minimum atomic E-state index is -0.0903.